The van der Waals surface area contributed by atoms with E-state index in [0.29, 0.717) is 13.1 Å². The van der Waals surface area contributed by atoms with Gasteiger partial charge in [-0.25, -0.2) is 0 Å². The Morgan fingerprint density at radius 1 is 1.07 bits per heavy atom. The van der Waals surface area contributed by atoms with Crippen LogP contribution >= 0.6 is 0 Å². The van der Waals surface area contributed by atoms with Crippen molar-refractivity contribution >= 4 is 5.91 Å². The van der Waals surface area contributed by atoms with Crippen LogP contribution in [0.4, 0.5) is 0 Å². The molecule has 2 aromatic carbocycles. The molecule has 29 heavy (non-hydrogen) atoms. The highest BCUT2D eigenvalue weighted by Crippen LogP contribution is 2.29. The molecule has 2 atom stereocenters. The molecule has 0 spiro atoms. The minimum absolute atomic E-state index is 0.107. The van der Waals surface area contributed by atoms with Crippen molar-refractivity contribution in [2.24, 2.45) is 0 Å². The fraction of sp³-hybridized carbons (Fsp3) is 0.458. The monoisotopic (exact) mass is 393 g/mol. The maximum Gasteiger partial charge on any atom is 0.253 e. The van der Waals surface area contributed by atoms with Crippen LogP contribution in [-0.4, -0.2) is 76.6 Å². The van der Waals surface area contributed by atoms with Crippen molar-refractivity contribution in [3.8, 4) is 0 Å². The summed E-state index contributed by atoms with van der Waals surface area (Å²) < 4.78 is 0. The molecule has 1 N–H and O–H groups in total. The van der Waals surface area contributed by atoms with Gasteiger partial charge in [-0.05, 0) is 31.5 Å². The number of amides is 1. The lowest BCUT2D eigenvalue weighted by Gasteiger charge is -2.56. The van der Waals surface area contributed by atoms with Crippen LogP contribution in [0.2, 0.25) is 0 Å². The van der Waals surface area contributed by atoms with Crippen LogP contribution in [0, 0.1) is 6.92 Å². The van der Waals surface area contributed by atoms with Crippen molar-refractivity contribution in [1.82, 2.24) is 14.7 Å². The van der Waals surface area contributed by atoms with E-state index >= 15 is 0 Å². The van der Waals surface area contributed by atoms with Gasteiger partial charge in [0.25, 0.3) is 5.91 Å². The van der Waals surface area contributed by atoms with E-state index in [0.717, 1.165) is 37.3 Å². The number of carbonyl (C=O) groups excluding carboxylic acids is 1. The molecule has 2 aliphatic rings. The molecule has 1 amide bonds. The van der Waals surface area contributed by atoms with Gasteiger partial charge in [-0.2, -0.15) is 0 Å². The zero-order chi connectivity index (χ0) is 20.4. The molecule has 2 unspecified atom stereocenters. The summed E-state index contributed by atoms with van der Waals surface area (Å²) in [5.41, 5.74) is 2.92. The van der Waals surface area contributed by atoms with Crippen LogP contribution in [0.25, 0.3) is 0 Å². The van der Waals surface area contributed by atoms with E-state index in [1.807, 2.05) is 42.2 Å². The summed E-state index contributed by atoms with van der Waals surface area (Å²) in [7, 11) is 0. The molecule has 0 saturated carbocycles. The summed E-state index contributed by atoms with van der Waals surface area (Å²) in [5, 5.41) is 10.2. The minimum Gasteiger partial charge on any atom is -0.394 e. The molecular formula is C24H31N3O2. The first kappa shape index (κ1) is 20.1. The van der Waals surface area contributed by atoms with Crippen molar-refractivity contribution in [1.29, 1.82) is 0 Å². The van der Waals surface area contributed by atoms with Crippen LogP contribution in [0.3, 0.4) is 0 Å². The van der Waals surface area contributed by atoms with E-state index in [4.69, 9.17) is 0 Å². The van der Waals surface area contributed by atoms with Gasteiger partial charge in [-0.1, -0.05) is 48.0 Å². The Morgan fingerprint density at radius 2 is 1.79 bits per heavy atom. The second-order valence-electron chi connectivity index (χ2n) is 8.77. The highest BCUT2D eigenvalue weighted by atomic mass is 16.3. The third-order valence-electron chi connectivity index (χ3n) is 6.38. The molecule has 154 valence electrons. The van der Waals surface area contributed by atoms with Crippen LogP contribution in [-0.2, 0) is 6.54 Å². The maximum absolute atomic E-state index is 13.0. The number of fused-ring (bicyclic) bond motifs is 1. The third-order valence-corrected chi connectivity index (χ3v) is 6.38. The van der Waals surface area contributed by atoms with Crippen LogP contribution in [0.5, 0.6) is 0 Å². The fourth-order valence-electron chi connectivity index (χ4n) is 4.82. The predicted molar refractivity (Wildman–Crippen MR) is 115 cm³/mol. The van der Waals surface area contributed by atoms with Gasteiger partial charge in [0.15, 0.2) is 0 Å². The molecule has 5 nitrogen and oxygen atoms in total. The van der Waals surface area contributed by atoms with Crippen LogP contribution in [0.1, 0.15) is 28.4 Å². The highest BCUT2D eigenvalue weighted by Gasteiger charge is 2.45. The number of rotatable bonds is 4. The van der Waals surface area contributed by atoms with Crippen molar-refractivity contribution < 1.29 is 9.90 Å². The van der Waals surface area contributed by atoms with Crippen molar-refractivity contribution in [3.63, 3.8) is 0 Å². The summed E-state index contributed by atoms with van der Waals surface area (Å²) in [5.74, 6) is 0.107. The molecule has 0 radical (unpaired) electrons. The number of carbonyl (C=O) groups is 1. The number of hydrogen-bond acceptors (Lipinski definition) is 4. The molecule has 2 heterocycles. The smallest absolute Gasteiger partial charge is 0.253 e. The average molecular weight is 394 g/mol. The van der Waals surface area contributed by atoms with Crippen molar-refractivity contribution in [2.45, 2.75) is 32.0 Å². The van der Waals surface area contributed by atoms with E-state index < -0.39 is 0 Å². The van der Waals surface area contributed by atoms with E-state index in [9.17, 15) is 9.90 Å². The molecule has 5 heteroatoms. The number of piperazine rings is 2. The second kappa shape index (κ2) is 8.27. The molecule has 4 rings (SSSR count). The van der Waals surface area contributed by atoms with Crippen LogP contribution < -0.4 is 0 Å². The SMILES string of the molecule is Cc1ccc(C(=O)N2CCN3C(CN(Cc4ccccc4)CC3(C)CO)C2)cc1. The first-order valence-corrected chi connectivity index (χ1v) is 10.5. The lowest BCUT2D eigenvalue weighted by atomic mass is 9.91. The van der Waals surface area contributed by atoms with Crippen LogP contribution in [0.15, 0.2) is 54.6 Å². The van der Waals surface area contributed by atoms with Gasteiger partial charge in [0.2, 0.25) is 0 Å². The Hall–Kier alpha value is -2.21. The van der Waals surface area contributed by atoms with Gasteiger partial charge >= 0.3 is 0 Å². The minimum atomic E-state index is -0.281. The molecule has 2 aromatic rings. The third kappa shape index (κ3) is 4.22. The topological polar surface area (TPSA) is 47.0 Å². The van der Waals surface area contributed by atoms with Gasteiger partial charge in [0.1, 0.15) is 0 Å². The molecule has 2 saturated heterocycles. The zero-order valence-corrected chi connectivity index (χ0v) is 17.4. The highest BCUT2D eigenvalue weighted by molar-refractivity contribution is 5.94. The molecule has 0 aliphatic carbocycles. The summed E-state index contributed by atoms with van der Waals surface area (Å²) in [4.78, 5) is 19.9. The number of aliphatic hydroxyl groups excluding tert-OH is 1. The number of hydrogen-bond donors (Lipinski definition) is 1. The Morgan fingerprint density at radius 3 is 2.48 bits per heavy atom. The summed E-state index contributed by atoms with van der Waals surface area (Å²) in [6.07, 6.45) is 0. The molecule has 0 aromatic heterocycles. The number of benzene rings is 2. The first-order chi connectivity index (χ1) is 14.0. The van der Waals surface area contributed by atoms with Gasteiger partial charge in [-0.3, -0.25) is 14.6 Å². The van der Waals surface area contributed by atoms with Gasteiger partial charge in [0, 0.05) is 50.9 Å². The standard InChI is InChI=1S/C24H31N3O2/c1-19-8-10-21(11-9-19)23(29)26-12-13-27-22(16-26)15-25(17-24(27,2)18-28)14-20-6-4-3-5-7-20/h3-11,22,28H,12-18H2,1-2H3. The van der Waals surface area contributed by atoms with Gasteiger partial charge in [0.05, 0.1) is 12.1 Å². The fourth-order valence-corrected chi connectivity index (χ4v) is 4.82. The normalized spacial score (nSPS) is 25.6. The zero-order valence-electron chi connectivity index (χ0n) is 17.4. The predicted octanol–water partition coefficient (Wildman–Crippen LogP) is 2.39. The molecule has 2 fully saturated rings. The largest absolute Gasteiger partial charge is 0.394 e. The summed E-state index contributed by atoms with van der Waals surface area (Å²) >= 11 is 0. The quantitative estimate of drug-likeness (QED) is 0.867. The molecular weight excluding hydrogens is 362 g/mol. The number of aryl methyl sites for hydroxylation is 1. The lowest BCUT2D eigenvalue weighted by molar-refractivity contribution is -0.0889. The number of nitrogens with zero attached hydrogens (tertiary/aromatic N) is 3. The van der Waals surface area contributed by atoms with E-state index in [2.05, 4.69) is 41.0 Å². The lowest BCUT2D eigenvalue weighted by Crippen LogP contribution is -2.71. The Labute approximate surface area is 173 Å². The van der Waals surface area contributed by atoms with E-state index in [1.165, 1.54) is 5.56 Å². The molecule has 0 bridgehead atoms. The van der Waals surface area contributed by atoms with E-state index in [1.54, 1.807) is 0 Å². The van der Waals surface area contributed by atoms with E-state index in [-0.39, 0.29) is 24.1 Å². The second-order valence-corrected chi connectivity index (χ2v) is 8.77. The Balaban J connectivity index is 1.50. The van der Waals surface area contributed by atoms with Crippen molar-refractivity contribution in [3.05, 3.63) is 71.3 Å². The molecule has 2 aliphatic heterocycles. The van der Waals surface area contributed by atoms with Gasteiger partial charge < -0.3 is 10.0 Å². The number of aliphatic hydroxyl groups is 1. The van der Waals surface area contributed by atoms with Gasteiger partial charge in [-0.15, -0.1) is 0 Å². The Bertz CT molecular complexity index is 839. The summed E-state index contributed by atoms with van der Waals surface area (Å²) in [6, 6.07) is 18.5. The average Bonchev–Trinajstić information content (AvgIpc) is 2.74. The summed E-state index contributed by atoms with van der Waals surface area (Å²) in [6.45, 7) is 9.13. The first-order valence-electron chi connectivity index (χ1n) is 10.5. The van der Waals surface area contributed by atoms with Crippen molar-refractivity contribution in [2.75, 3.05) is 39.3 Å². The maximum atomic E-state index is 13.0. The Kier molecular flexibility index (Phi) is 5.72.